The van der Waals surface area contributed by atoms with Crippen LogP contribution in [0, 0.1) is 0 Å². The third-order valence-corrected chi connectivity index (χ3v) is 6.50. The van der Waals surface area contributed by atoms with Crippen LogP contribution in [0.1, 0.15) is 29.8 Å². The Hall–Kier alpha value is -4.52. The van der Waals surface area contributed by atoms with Gasteiger partial charge in [-0.1, -0.05) is 30.3 Å². The van der Waals surface area contributed by atoms with Crippen LogP contribution in [0.25, 0.3) is 0 Å². The third kappa shape index (κ3) is 7.98. The number of rotatable bonds is 13. The van der Waals surface area contributed by atoms with E-state index in [2.05, 4.69) is 41.2 Å². The van der Waals surface area contributed by atoms with Crippen LogP contribution in [0.2, 0.25) is 0 Å². The van der Waals surface area contributed by atoms with Crippen molar-refractivity contribution >= 4 is 23.7 Å². The zero-order valence-corrected chi connectivity index (χ0v) is 21.2. The van der Waals surface area contributed by atoms with Gasteiger partial charge in [0.15, 0.2) is 0 Å². The molecule has 4 unspecified atom stereocenters. The molecule has 206 valence electrons. The van der Waals surface area contributed by atoms with E-state index in [1.807, 2.05) is 6.07 Å². The molecule has 1 saturated heterocycles. The Morgan fingerprint density at radius 1 is 0.846 bits per heavy atom. The average molecular weight is 537 g/mol. The normalized spacial score (nSPS) is 17.1. The van der Waals surface area contributed by atoms with Gasteiger partial charge in [-0.3, -0.25) is 14.4 Å². The highest BCUT2D eigenvalue weighted by Gasteiger charge is 2.32. The van der Waals surface area contributed by atoms with Gasteiger partial charge in [0.05, 0.1) is 18.7 Å². The van der Waals surface area contributed by atoms with Gasteiger partial charge in [-0.15, -0.1) is 0 Å². The topological polar surface area (TPSA) is 194 Å². The zero-order valence-electron chi connectivity index (χ0n) is 21.2. The SMILES string of the molecule is O=C(O)C(Cc1ccccc1)NC(=O)C(Cc1cnc[nH]1)NC(=O)C(Cc1cnc[nH]1)NC(=O)C1CCCN1. The van der Waals surface area contributed by atoms with Crippen molar-refractivity contribution in [3.8, 4) is 0 Å². The van der Waals surface area contributed by atoms with Gasteiger partial charge in [-0.2, -0.15) is 0 Å². The quantitative estimate of drug-likeness (QED) is 0.151. The number of carbonyl (C=O) groups excluding carboxylic acids is 3. The monoisotopic (exact) mass is 536 g/mol. The summed E-state index contributed by atoms with van der Waals surface area (Å²) in [6.45, 7) is 0.718. The minimum absolute atomic E-state index is 0.0319. The van der Waals surface area contributed by atoms with E-state index >= 15 is 0 Å². The fourth-order valence-electron chi connectivity index (χ4n) is 4.43. The Morgan fingerprint density at radius 2 is 1.44 bits per heavy atom. The van der Waals surface area contributed by atoms with Crippen LogP contribution >= 0.6 is 0 Å². The fraction of sp³-hybridized carbons (Fsp3) is 0.385. The molecule has 2 aromatic heterocycles. The van der Waals surface area contributed by atoms with Gasteiger partial charge in [0.25, 0.3) is 0 Å². The highest BCUT2D eigenvalue weighted by atomic mass is 16.4. The maximum atomic E-state index is 13.5. The molecular weight excluding hydrogens is 504 g/mol. The molecule has 3 heterocycles. The summed E-state index contributed by atoms with van der Waals surface area (Å²) < 4.78 is 0. The van der Waals surface area contributed by atoms with E-state index in [9.17, 15) is 24.3 Å². The number of carbonyl (C=O) groups is 4. The van der Waals surface area contributed by atoms with Crippen molar-refractivity contribution in [2.45, 2.75) is 56.3 Å². The van der Waals surface area contributed by atoms with Crippen LogP contribution in [-0.2, 0) is 38.4 Å². The molecule has 0 spiro atoms. The number of hydrogen-bond donors (Lipinski definition) is 7. The molecule has 3 amide bonds. The molecule has 7 N–H and O–H groups in total. The molecule has 39 heavy (non-hydrogen) atoms. The van der Waals surface area contributed by atoms with Crippen molar-refractivity contribution in [1.29, 1.82) is 0 Å². The maximum absolute atomic E-state index is 13.5. The Morgan fingerprint density at radius 3 is 1.95 bits per heavy atom. The van der Waals surface area contributed by atoms with E-state index in [0.29, 0.717) is 17.8 Å². The fourth-order valence-corrected chi connectivity index (χ4v) is 4.43. The second-order valence-corrected chi connectivity index (χ2v) is 9.42. The summed E-state index contributed by atoms with van der Waals surface area (Å²) >= 11 is 0. The van der Waals surface area contributed by atoms with E-state index < -0.39 is 42.0 Å². The van der Waals surface area contributed by atoms with Gasteiger partial charge in [0.2, 0.25) is 17.7 Å². The molecule has 0 radical (unpaired) electrons. The first-order valence-corrected chi connectivity index (χ1v) is 12.7. The van der Waals surface area contributed by atoms with Crippen LogP contribution in [-0.4, -0.2) is 79.4 Å². The van der Waals surface area contributed by atoms with Gasteiger partial charge >= 0.3 is 5.97 Å². The van der Waals surface area contributed by atoms with Crippen LogP contribution in [0.5, 0.6) is 0 Å². The molecule has 1 aliphatic rings. The first-order valence-electron chi connectivity index (χ1n) is 12.7. The number of imidazole rings is 2. The summed E-state index contributed by atoms with van der Waals surface area (Å²) in [5.74, 6) is -2.78. The molecule has 1 fully saturated rings. The maximum Gasteiger partial charge on any atom is 0.326 e. The van der Waals surface area contributed by atoms with Gasteiger partial charge in [0, 0.05) is 43.0 Å². The largest absolute Gasteiger partial charge is 0.480 e. The van der Waals surface area contributed by atoms with Gasteiger partial charge in [-0.05, 0) is 24.9 Å². The Bertz CT molecular complexity index is 1230. The van der Waals surface area contributed by atoms with E-state index in [1.165, 1.54) is 18.9 Å². The molecule has 0 saturated carbocycles. The highest BCUT2D eigenvalue weighted by molar-refractivity contribution is 5.94. The predicted molar refractivity (Wildman–Crippen MR) is 139 cm³/mol. The van der Waals surface area contributed by atoms with Crippen molar-refractivity contribution in [3.63, 3.8) is 0 Å². The number of aromatic amines is 2. The predicted octanol–water partition coefficient (Wildman–Crippen LogP) is -0.548. The minimum Gasteiger partial charge on any atom is -0.480 e. The number of carboxylic acids is 1. The Kier molecular flexibility index (Phi) is 9.40. The number of aliphatic carboxylic acids is 1. The van der Waals surface area contributed by atoms with Crippen molar-refractivity contribution in [1.82, 2.24) is 41.2 Å². The number of hydrogen-bond acceptors (Lipinski definition) is 7. The molecule has 3 aromatic rings. The first kappa shape index (κ1) is 27.5. The van der Waals surface area contributed by atoms with Gasteiger partial charge in [0.1, 0.15) is 18.1 Å². The van der Waals surface area contributed by atoms with Crippen molar-refractivity contribution in [2.75, 3.05) is 6.54 Å². The minimum atomic E-state index is -1.21. The lowest BCUT2D eigenvalue weighted by Crippen LogP contribution is -2.58. The van der Waals surface area contributed by atoms with Gasteiger partial charge in [-0.25, -0.2) is 14.8 Å². The second kappa shape index (κ2) is 13.3. The number of H-pyrrole nitrogens is 2. The van der Waals surface area contributed by atoms with Gasteiger partial charge < -0.3 is 36.3 Å². The number of nitrogens with one attached hydrogen (secondary N) is 6. The van der Waals surface area contributed by atoms with Crippen LogP contribution in [0.15, 0.2) is 55.4 Å². The lowest BCUT2D eigenvalue weighted by Gasteiger charge is -2.25. The third-order valence-electron chi connectivity index (χ3n) is 6.50. The van der Waals surface area contributed by atoms with Crippen LogP contribution in [0.4, 0.5) is 0 Å². The second-order valence-electron chi connectivity index (χ2n) is 9.42. The van der Waals surface area contributed by atoms with Crippen molar-refractivity contribution < 1.29 is 24.3 Å². The number of carboxylic acid groups (broad SMARTS) is 1. The van der Waals surface area contributed by atoms with Crippen molar-refractivity contribution in [3.05, 3.63) is 72.3 Å². The van der Waals surface area contributed by atoms with E-state index in [0.717, 1.165) is 18.5 Å². The summed E-state index contributed by atoms with van der Waals surface area (Å²) in [7, 11) is 0. The van der Waals surface area contributed by atoms with Crippen LogP contribution < -0.4 is 21.3 Å². The molecule has 13 nitrogen and oxygen atoms in total. The Balaban J connectivity index is 1.49. The van der Waals surface area contributed by atoms with E-state index in [4.69, 9.17) is 0 Å². The summed E-state index contributed by atoms with van der Waals surface area (Å²) in [6, 6.07) is 5.17. The molecule has 0 aliphatic carbocycles. The molecule has 1 aromatic carbocycles. The molecule has 4 rings (SSSR count). The number of amides is 3. The van der Waals surface area contributed by atoms with Crippen molar-refractivity contribution in [2.24, 2.45) is 0 Å². The zero-order chi connectivity index (χ0) is 27.6. The van der Waals surface area contributed by atoms with Crippen LogP contribution in [0.3, 0.4) is 0 Å². The average Bonchev–Trinajstić information content (AvgIpc) is 3.72. The lowest BCUT2D eigenvalue weighted by atomic mass is 10.0. The molecule has 1 aliphatic heterocycles. The number of benzene rings is 1. The Labute approximate surface area is 224 Å². The lowest BCUT2D eigenvalue weighted by molar-refractivity contribution is -0.142. The van der Waals surface area contributed by atoms with E-state index in [1.54, 1.807) is 30.5 Å². The first-order chi connectivity index (χ1) is 18.9. The summed E-state index contributed by atoms with van der Waals surface area (Å²) in [5, 5.41) is 20.9. The number of nitrogens with zero attached hydrogens (tertiary/aromatic N) is 2. The summed E-state index contributed by atoms with van der Waals surface area (Å²) in [4.78, 5) is 65.3. The highest BCUT2D eigenvalue weighted by Crippen LogP contribution is 2.09. The standard InChI is InChI=1S/C26H32N8O5/c35-23(19-7-4-8-29-19)32-20(10-17-12-27-14-30-17)24(36)33-21(11-18-13-28-15-31-18)25(37)34-22(26(38)39)9-16-5-2-1-3-6-16/h1-3,5-6,12-15,19-22,29H,4,7-11H2,(H,27,30)(H,28,31)(H,32,35)(H,33,36)(H,34,37)(H,38,39). The summed E-state index contributed by atoms with van der Waals surface area (Å²) in [6.07, 6.45) is 7.72. The molecule has 4 atom stereocenters. The summed E-state index contributed by atoms with van der Waals surface area (Å²) in [5.41, 5.74) is 1.93. The molecule has 0 bridgehead atoms. The van der Waals surface area contributed by atoms with E-state index in [-0.39, 0.29) is 25.2 Å². The smallest absolute Gasteiger partial charge is 0.326 e. The molecular formula is C26H32N8O5. The number of aromatic nitrogens is 4. The molecule has 13 heteroatoms.